The topological polar surface area (TPSA) is 70.7 Å². The van der Waals surface area contributed by atoms with Gasteiger partial charge in [0, 0.05) is 4.88 Å². The molecule has 7 heteroatoms. The molecule has 2 rings (SSSR count). The Bertz CT molecular complexity index is 756. The fourth-order valence-corrected chi connectivity index (χ4v) is 3.70. The monoisotopic (exact) mass is 380 g/mol. The van der Waals surface area contributed by atoms with Crippen LogP contribution in [0.5, 0.6) is 0 Å². The molecule has 2 aromatic rings. The molecule has 0 saturated heterocycles. The second-order valence-electron chi connectivity index (χ2n) is 4.99. The highest BCUT2D eigenvalue weighted by molar-refractivity contribution is 9.10. The van der Waals surface area contributed by atoms with Gasteiger partial charge < -0.3 is 5.32 Å². The summed E-state index contributed by atoms with van der Waals surface area (Å²) in [5.41, 5.74) is 2.47. The summed E-state index contributed by atoms with van der Waals surface area (Å²) in [6.45, 7) is 7.66. The number of nitrogens with one attached hydrogen (secondary N) is 1. The van der Waals surface area contributed by atoms with Crippen molar-refractivity contribution >= 4 is 38.2 Å². The molecule has 0 spiro atoms. The minimum absolute atomic E-state index is 0.181. The van der Waals surface area contributed by atoms with E-state index in [1.807, 2.05) is 20.8 Å². The Kier molecular flexibility index (Phi) is 5.04. The summed E-state index contributed by atoms with van der Waals surface area (Å²) in [6, 6.07) is 1.75. The third-order valence-corrected chi connectivity index (χ3v) is 5.48. The number of amides is 1. The highest BCUT2D eigenvalue weighted by Crippen LogP contribution is 2.33. The molecule has 5 nitrogen and oxygen atoms in total. The van der Waals surface area contributed by atoms with Crippen molar-refractivity contribution < 1.29 is 4.79 Å². The molecule has 1 atom stereocenters. The molecule has 0 radical (unpaired) electrons. The van der Waals surface area contributed by atoms with E-state index >= 15 is 0 Å². The highest BCUT2D eigenvalue weighted by atomic mass is 79.9. The van der Waals surface area contributed by atoms with Gasteiger partial charge in [-0.1, -0.05) is 6.92 Å². The number of nitrogens with zero attached hydrogens (tertiary/aromatic N) is 3. The van der Waals surface area contributed by atoms with Crippen molar-refractivity contribution in [3.05, 3.63) is 32.4 Å². The molecule has 1 N–H and O–H groups in total. The van der Waals surface area contributed by atoms with Gasteiger partial charge in [0.15, 0.2) is 0 Å². The van der Waals surface area contributed by atoms with Crippen LogP contribution in [-0.2, 0) is 11.2 Å². The number of carbonyl (C=O) groups excluding carboxylic acids is 1. The van der Waals surface area contributed by atoms with Gasteiger partial charge in [-0.15, -0.1) is 11.3 Å². The molecule has 0 aliphatic carbocycles. The van der Waals surface area contributed by atoms with Crippen LogP contribution < -0.4 is 5.32 Å². The number of halogens is 1. The Labute approximate surface area is 142 Å². The number of anilines is 1. The minimum atomic E-state index is -0.453. The molecule has 1 amide bonds. The minimum Gasteiger partial charge on any atom is -0.315 e. The van der Waals surface area contributed by atoms with Crippen molar-refractivity contribution in [3.8, 4) is 6.07 Å². The Hall–Kier alpha value is -1.65. The van der Waals surface area contributed by atoms with E-state index in [4.69, 9.17) is 0 Å². The molecular weight excluding hydrogens is 364 g/mol. The molecule has 0 aromatic carbocycles. The van der Waals surface area contributed by atoms with Crippen molar-refractivity contribution in [2.75, 3.05) is 5.32 Å². The van der Waals surface area contributed by atoms with Gasteiger partial charge in [-0.25, -0.2) is 0 Å². The normalized spacial score (nSPS) is 12.0. The second kappa shape index (κ2) is 6.63. The van der Waals surface area contributed by atoms with Crippen molar-refractivity contribution in [1.82, 2.24) is 9.78 Å². The van der Waals surface area contributed by atoms with Gasteiger partial charge in [-0.2, -0.15) is 10.4 Å². The predicted molar refractivity (Wildman–Crippen MR) is 91.2 cm³/mol. The standard InChI is InChI=1S/C15H17BrN4OS/c1-5-11-10(4)22-15(12(11)6-17)19-14(21)9(3)20-8(2)13(16)7-18-20/h7,9H,5H2,1-4H3,(H,19,21)/t9-/m0/s1. The fraction of sp³-hybridized carbons (Fsp3) is 0.400. The van der Waals surface area contributed by atoms with Crippen LogP contribution >= 0.6 is 27.3 Å². The first-order valence-electron chi connectivity index (χ1n) is 6.93. The number of nitriles is 1. The number of rotatable bonds is 4. The average Bonchev–Trinajstić information content (AvgIpc) is 2.98. The van der Waals surface area contributed by atoms with Gasteiger partial charge in [0.2, 0.25) is 5.91 Å². The molecule has 0 aliphatic rings. The molecule has 0 saturated carbocycles. The van der Waals surface area contributed by atoms with E-state index in [-0.39, 0.29) is 5.91 Å². The summed E-state index contributed by atoms with van der Waals surface area (Å²) in [6.07, 6.45) is 2.45. The van der Waals surface area contributed by atoms with Crippen LogP contribution in [0.15, 0.2) is 10.7 Å². The molecule has 2 aromatic heterocycles. The molecular formula is C15H17BrN4OS. The number of carbonyl (C=O) groups is 1. The lowest BCUT2D eigenvalue weighted by molar-refractivity contribution is -0.119. The maximum absolute atomic E-state index is 12.5. The zero-order valence-electron chi connectivity index (χ0n) is 12.9. The van der Waals surface area contributed by atoms with Gasteiger partial charge in [-0.05, 0) is 48.7 Å². The first-order valence-corrected chi connectivity index (χ1v) is 8.54. The van der Waals surface area contributed by atoms with Crippen molar-refractivity contribution in [3.63, 3.8) is 0 Å². The van der Waals surface area contributed by atoms with Crippen molar-refractivity contribution in [2.45, 2.75) is 40.2 Å². The van der Waals surface area contributed by atoms with E-state index in [1.165, 1.54) is 11.3 Å². The van der Waals surface area contributed by atoms with Gasteiger partial charge in [0.25, 0.3) is 0 Å². The number of aryl methyl sites for hydroxylation is 1. The summed E-state index contributed by atoms with van der Waals surface area (Å²) in [4.78, 5) is 13.5. The molecule has 116 valence electrons. The van der Waals surface area contributed by atoms with Crippen LogP contribution in [0, 0.1) is 25.2 Å². The molecule has 0 aliphatic heterocycles. The van der Waals surface area contributed by atoms with E-state index in [2.05, 4.69) is 32.4 Å². The lowest BCUT2D eigenvalue weighted by atomic mass is 10.1. The first-order chi connectivity index (χ1) is 10.4. The van der Waals surface area contributed by atoms with E-state index in [9.17, 15) is 10.1 Å². The van der Waals surface area contributed by atoms with Crippen LogP contribution in [0.3, 0.4) is 0 Å². The molecule has 0 unspecified atom stereocenters. The van der Waals surface area contributed by atoms with Gasteiger partial charge >= 0.3 is 0 Å². The number of aromatic nitrogens is 2. The largest absolute Gasteiger partial charge is 0.315 e. The smallest absolute Gasteiger partial charge is 0.249 e. The van der Waals surface area contributed by atoms with Crippen LogP contribution in [-0.4, -0.2) is 15.7 Å². The second-order valence-corrected chi connectivity index (χ2v) is 7.07. The lowest BCUT2D eigenvalue weighted by Gasteiger charge is -2.14. The Balaban J connectivity index is 2.26. The average molecular weight is 381 g/mol. The molecule has 2 heterocycles. The molecule has 22 heavy (non-hydrogen) atoms. The number of thiophene rings is 1. The molecule has 0 fully saturated rings. The van der Waals surface area contributed by atoms with E-state index < -0.39 is 6.04 Å². The van der Waals surface area contributed by atoms with Gasteiger partial charge in [-0.3, -0.25) is 9.48 Å². The highest BCUT2D eigenvalue weighted by Gasteiger charge is 2.22. The number of hydrogen-bond donors (Lipinski definition) is 1. The maximum atomic E-state index is 12.5. The van der Waals surface area contributed by atoms with Crippen LogP contribution in [0.4, 0.5) is 5.00 Å². The van der Waals surface area contributed by atoms with Crippen molar-refractivity contribution in [1.29, 1.82) is 5.26 Å². The van der Waals surface area contributed by atoms with E-state index in [0.29, 0.717) is 10.6 Å². The third kappa shape index (κ3) is 2.94. The fourth-order valence-electron chi connectivity index (χ4n) is 2.33. The van der Waals surface area contributed by atoms with Gasteiger partial charge in [0.1, 0.15) is 17.1 Å². The van der Waals surface area contributed by atoms with Crippen LogP contribution in [0.1, 0.15) is 41.6 Å². The quantitative estimate of drug-likeness (QED) is 0.872. The van der Waals surface area contributed by atoms with Gasteiger partial charge in [0.05, 0.1) is 21.9 Å². The lowest BCUT2D eigenvalue weighted by Crippen LogP contribution is -2.25. The third-order valence-electron chi connectivity index (χ3n) is 3.64. The zero-order chi connectivity index (χ0) is 16.4. The van der Waals surface area contributed by atoms with Crippen LogP contribution in [0.2, 0.25) is 0 Å². The molecule has 0 bridgehead atoms. The van der Waals surface area contributed by atoms with Crippen molar-refractivity contribution in [2.24, 2.45) is 0 Å². The summed E-state index contributed by atoms with van der Waals surface area (Å²) in [5, 5.41) is 17.0. The zero-order valence-corrected chi connectivity index (χ0v) is 15.3. The summed E-state index contributed by atoms with van der Waals surface area (Å²) in [5.74, 6) is -0.181. The van der Waals surface area contributed by atoms with Crippen LogP contribution in [0.25, 0.3) is 0 Å². The first kappa shape index (κ1) is 16.7. The maximum Gasteiger partial charge on any atom is 0.249 e. The summed E-state index contributed by atoms with van der Waals surface area (Å²) >= 11 is 4.84. The van der Waals surface area contributed by atoms with E-state index in [0.717, 1.165) is 27.0 Å². The van der Waals surface area contributed by atoms with E-state index in [1.54, 1.807) is 17.8 Å². The number of hydrogen-bond acceptors (Lipinski definition) is 4. The predicted octanol–water partition coefficient (Wildman–Crippen LogP) is 3.96. The summed E-state index contributed by atoms with van der Waals surface area (Å²) < 4.78 is 2.53. The Morgan fingerprint density at radius 3 is 2.77 bits per heavy atom. The Morgan fingerprint density at radius 2 is 2.27 bits per heavy atom. The summed E-state index contributed by atoms with van der Waals surface area (Å²) in [7, 11) is 0. The SMILES string of the molecule is CCc1c(C)sc(NC(=O)[C@H](C)n2ncc(Br)c2C)c1C#N. The Morgan fingerprint density at radius 1 is 1.59 bits per heavy atom.